The van der Waals surface area contributed by atoms with Gasteiger partial charge in [0.15, 0.2) is 5.65 Å². The predicted molar refractivity (Wildman–Crippen MR) is 104 cm³/mol. The molecule has 0 saturated carbocycles. The molecule has 25 heavy (non-hydrogen) atoms. The zero-order valence-electron chi connectivity index (χ0n) is 15.0. The van der Waals surface area contributed by atoms with E-state index in [1.807, 2.05) is 70.2 Å². The topological polar surface area (TPSA) is 54.9 Å². The summed E-state index contributed by atoms with van der Waals surface area (Å²) in [5.74, 6) is 0. The molecule has 0 saturated heterocycles. The van der Waals surface area contributed by atoms with Gasteiger partial charge in [-0.15, -0.1) is 0 Å². The fourth-order valence-electron chi connectivity index (χ4n) is 2.58. The van der Waals surface area contributed by atoms with Gasteiger partial charge in [0, 0.05) is 23.2 Å². The van der Waals surface area contributed by atoms with Crippen LogP contribution in [0.15, 0.2) is 54.7 Å². The first kappa shape index (κ1) is 17.7. The molecule has 5 heteroatoms. The monoisotopic (exact) mass is 353 g/mol. The van der Waals surface area contributed by atoms with Crippen LogP contribution in [0.2, 0.25) is 0 Å². The number of aromatic nitrogens is 2. The van der Waals surface area contributed by atoms with Crippen molar-refractivity contribution >= 4 is 22.0 Å². The van der Waals surface area contributed by atoms with Crippen LogP contribution in [0.5, 0.6) is 0 Å². The SMILES string of the molecule is CC(NS(=O)C(C)(C)C)c1cc2cccnc2nc1-c1ccccc1. The number of benzene rings is 1. The second kappa shape index (κ2) is 7.02. The summed E-state index contributed by atoms with van der Waals surface area (Å²) in [7, 11) is -1.16. The Labute approximate surface area is 151 Å². The van der Waals surface area contributed by atoms with Crippen LogP contribution in [0.25, 0.3) is 22.3 Å². The van der Waals surface area contributed by atoms with Crippen LogP contribution >= 0.6 is 0 Å². The first-order valence-electron chi connectivity index (χ1n) is 8.35. The van der Waals surface area contributed by atoms with E-state index in [9.17, 15) is 4.21 Å². The molecule has 1 N–H and O–H groups in total. The maximum Gasteiger partial charge on any atom is 0.159 e. The van der Waals surface area contributed by atoms with E-state index in [0.717, 1.165) is 22.2 Å². The van der Waals surface area contributed by atoms with Crippen LogP contribution < -0.4 is 4.72 Å². The smallest absolute Gasteiger partial charge is 0.159 e. The Bertz CT molecular complexity index is 904. The summed E-state index contributed by atoms with van der Waals surface area (Å²) in [6.07, 6.45) is 1.75. The second-order valence-electron chi connectivity index (χ2n) is 7.06. The quantitative estimate of drug-likeness (QED) is 0.756. The maximum atomic E-state index is 12.5. The number of fused-ring (bicyclic) bond motifs is 1. The molecule has 2 aromatic heterocycles. The van der Waals surface area contributed by atoms with E-state index in [1.165, 1.54) is 0 Å². The van der Waals surface area contributed by atoms with Crippen molar-refractivity contribution in [1.82, 2.24) is 14.7 Å². The summed E-state index contributed by atoms with van der Waals surface area (Å²) >= 11 is 0. The molecule has 0 spiro atoms. The van der Waals surface area contributed by atoms with Gasteiger partial charge in [-0.05, 0) is 51.5 Å². The molecule has 0 aliphatic carbocycles. The largest absolute Gasteiger partial charge is 0.242 e. The summed E-state index contributed by atoms with van der Waals surface area (Å²) in [4.78, 5) is 9.16. The molecule has 3 aromatic rings. The lowest BCUT2D eigenvalue weighted by molar-refractivity contribution is 0.616. The summed E-state index contributed by atoms with van der Waals surface area (Å²) in [5.41, 5.74) is 3.64. The number of nitrogens with zero attached hydrogens (tertiary/aromatic N) is 2. The summed E-state index contributed by atoms with van der Waals surface area (Å²) in [5, 5.41) is 0.979. The van der Waals surface area contributed by atoms with Gasteiger partial charge in [0.2, 0.25) is 0 Å². The van der Waals surface area contributed by atoms with Crippen LogP contribution in [0, 0.1) is 0 Å². The third-order valence-corrected chi connectivity index (χ3v) is 5.65. The molecular weight excluding hydrogens is 330 g/mol. The van der Waals surface area contributed by atoms with Crippen molar-refractivity contribution in [3.05, 3.63) is 60.3 Å². The summed E-state index contributed by atoms with van der Waals surface area (Å²) < 4.78 is 15.4. The molecule has 2 heterocycles. The number of hydrogen-bond donors (Lipinski definition) is 1. The summed E-state index contributed by atoms with van der Waals surface area (Å²) in [6, 6.07) is 15.9. The fraction of sp³-hybridized carbons (Fsp3) is 0.300. The van der Waals surface area contributed by atoms with Gasteiger partial charge in [0.1, 0.15) is 0 Å². The molecule has 0 amide bonds. The van der Waals surface area contributed by atoms with Gasteiger partial charge in [0.05, 0.1) is 21.4 Å². The highest BCUT2D eigenvalue weighted by atomic mass is 32.2. The van der Waals surface area contributed by atoms with Gasteiger partial charge < -0.3 is 0 Å². The zero-order chi connectivity index (χ0) is 18.0. The molecule has 0 aliphatic rings. The van der Waals surface area contributed by atoms with Crippen molar-refractivity contribution in [2.45, 2.75) is 38.5 Å². The molecule has 0 fully saturated rings. The minimum absolute atomic E-state index is 0.104. The van der Waals surface area contributed by atoms with E-state index >= 15 is 0 Å². The highest BCUT2D eigenvalue weighted by molar-refractivity contribution is 7.84. The van der Waals surface area contributed by atoms with Crippen LogP contribution in [0.1, 0.15) is 39.3 Å². The Hall–Kier alpha value is -2.11. The number of hydrogen-bond acceptors (Lipinski definition) is 3. The van der Waals surface area contributed by atoms with Gasteiger partial charge in [-0.25, -0.2) is 18.9 Å². The zero-order valence-corrected chi connectivity index (χ0v) is 15.8. The van der Waals surface area contributed by atoms with E-state index in [4.69, 9.17) is 4.98 Å². The molecular formula is C20H23N3OS. The van der Waals surface area contributed by atoms with E-state index < -0.39 is 11.0 Å². The van der Waals surface area contributed by atoms with Crippen molar-refractivity contribution in [1.29, 1.82) is 0 Å². The average Bonchev–Trinajstić information content (AvgIpc) is 2.60. The van der Waals surface area contributed by atoms with Crippen molar-refractivity contribution < 1.29 is 4.21 Å². The minimum Gasteiger partial charge on any atom is -0.242 e. The first-order valence-corrected chi connectivity index (χ1v) is 9.50. The third-order valence-electron chi connectivity index (χ3n) is 3.97. The summed E-state index contributed by atoms with van der Waals surface area (Å²) in [6.45, 7) is 7.91. The van der Waals surface area contributed by atoms with E-state index in [0.29, 0.717) is 5.65 Å². The van der Waals surface area contributed by atoms with Crippen LogP contribution in [0.4, 0.5) is 0 Å². The highest BCUT2D eigenvalue weighted by Crippen LogP contribution is 2.30. The lowest BCUT2D eigenvalue weighted by atomic mass is 10.00. The number of rotatable bonds is 4. The number of pyridine rings is 2. The van der Waals surface area contributed by atoms with Crippen LogP contribution in [-0.2, 0) is 11.0 Å². The molecule has 2 atom stereocenters. The Morgan fingerprint density at radius 1 is 1.08 bits per heavy atom. The van der Waals surface area contributed by atoms with Crippen LogP contribution in [-0.4, -0.2) is 18.9 Å². The molecule has 0 bridgehead atoms. The van der Waals surface area contributed by atoms with Gasteiger partial charge >= 0.3 is 0 Å². The van der Waals surface area contributed by atoms with Crippen molar-refractivity contribution in [2.75, 3.05) is 0 Å². The number of nitrogens with one attached hydrogen (secondary N) is 1. The predicted octanol–water partition coefficient (Wildman–Crippen LogP) is 4.41. The van der Waals surface area contributed by atoms with Crippen molar-refractivity contribution in [3.8, 4) is 11.3 Å². The van der Waals surface area contributed by atoms with E-state index in [2.05, 4.69) is 15.8 Å². The van der Waals surface area contributed by atoms with E-state index in [1.54, 1.807) is 6.20 Å². The molecule has 130 valence electrons. The minimum atomic E-state index is -1.16. The Kier molecular flexibility index (Phi) is 4.97. The van der Waals surface area contributed by atoms with Gasteiger partial charge in [0.25, 0.3) is 0 Å². The Morgan fingerprint density at radius 3 is 2.48 bits per heavy atom. The lowest BCUT2D eigenvalue weighted by Gasteiger charge is -2.23. The molecule has 4 nitrogen and oxygen atoms in total. The van der Waals surface area contributed by atoms with E-state index in [-0.39, 0.29) is 10.8 Å². The first-order chi connectivity index (χ1) is 11.9. The molecule has 3 rings (SSSR count). The average molecular weight is 353 g/mol. The maximum absolute atomic E-state index is 12.5. The molecule has 0 radical (unpaired) electrons. The van der Waals surface area contributed by atoms with Gasteiger partial charge in [-0.1, -0.05) is 30.3 Å². The van der Waals surface area contributed by atoms with Crippen LogP contribution in [0.3, 0.4) is 0 Å². The van der Waals surface area contributed by atoms with Crippen molar-refractivity contribution in [3.63, 3.8) is 0 Å². The Balaban J connectivity index is 2.10. The molecule has 2 unspecified atom stereocenters. The molecule has 0 aliphatic heterocycles. The molecule has 1 aromatic carbocycles. The third kappa shape index (κ3) is 3.94. The normalized spacial score (nSPS) is 14.4. The Morgan fingerprint density at radius 2 is 1.80 bits per heavy atom. The highest BCUT2D eigenvalue weighted by Gasteiger charge is 2.23. The van der Waals surface area contributed by atoms with Crippen molar-refractivity contribution in [2.24, 2.45) is 0 Å². The van der Waals surface area contributed by atoms with Gasteiger partial charge in [-0.3, -0.25) is 0 Å². The second-order valence-corrected chi connectivity index (χ2v) is 9.06. The fourth-order valence-corrected chi connectivity index (χ4v) is 3.38. The van der Waals surface area contributed by atoms with Gasteiger partial charge in [-0.2, -0.15) is 0 Å². The standard InChI is InChI=1S/C20H23N3OS/c1-14(23-25(24)20(2,3)4)17-13-16-11-8-12-21-19(16)22-18(17)15-9-6-5-7-10-15/h5-14,23H,1-4H3. The lowest BCUT2D eigenvalue weighted by Crippen LogP contribution is -2.35.